The highest BCUT2D eigenvalue weighted by Gasteiger charge is 2.67. The molecule has 2 bridgehead atoms. The van der Waals surface area contributed by atoms with Gasteiger partial charge in [0.2, 0.25) is 34.1 Å². The molecule has 1 aromatic heterocycles. The number of hydrogen-bond donors (Lipinski definition) is 3. The van der Waals surface area contributed by atoms with Crippen molar-refractivity contribution < 1.29 is 50.6 Å². The summed E-state index contributed by atoms with van der Waals surface area (Å²) in [4.78, 5) is 67.6. The van der Waals surface area contributed by atoms with Gasteiger partial charge in [-0.3, -0.25) is 19.1 Å². The van der Waals surface area contributed by atoms with E-state index in [2.05, 4.69) is 17.6 Å². The summed E-state index contributed by atoms with van der Waals surface area (Å²) in [5, 5.41) is 5.27. The van der Waals surface area contributed by atoms with Gasteiger partial charge in [0, 0.05) is 12.5 Å². The molecule has 18 heteroatoms. The van der Waals surface area contributed by atoms with Gasteiger partial charge in [-0.15, -0.1) is 0 Å². The first-order valence-electron chi connectivity index (χ1n) is 21.2. The molecule has 5 aliphatic rings. The average molecular weight is 861 g/mol. The van der Waals surface area contributed by atoms with E-state index in [4.69, 9.17) is 24.2 Å². The van der Waals surface area contributed by atoms with Crippen LogP contribution in [0.4, 0.5) is 13.6 Å². The molecule has 330 valence electrons. The molecule has 8 atom stereocenters. The predicted molar refractivity (Wildman–Crippen MR) is 216 cm³/mol. The number of hydrogen-bond acceptors (Lipinski definition) is 11. The number of alkyl halides is 2. The fourth-order valence-corrected chi connectivity index (χ4v) is 10.6. The van der Waals surface area contributed by atoms with Gasteiger partial charge in [-0.2, -0.15) is 0 Å². The molecule has 1 unspecified atom stereocenters. The second-order valence-electron chi connectivity index (χ2n) is 18.7. The Balaban J connectivity index is 1.24. The lowest BCUT2D eigenvalue weighted by Gasteiger charge is -2.36. The quantitative estimate of drug-likeness (QED) is 0.316. The molecule has 3 saturated carbocycles. The Morgan fingerprint density at radius 3 is 2.47 bits per heavy atom. The van der Waals surface area contributed by atoms with Crippen LogP contribution in [0.1, 0.15) is 111 Å². The third-order valence-corrected chi connectivity index (χ3v) is 15.6. The van der Waals surface area contributed by atoms with E-state index in [9.17, 15) is 36.4 Å². The van der Waals surface area contributed by atoms with Gasteiger partial charge in [-0.25, -0.2) is 32.0 Å². The first-order valence-corrected chi connectivity index (χ1v) is 22.7. The van der Waals surface area contributed by atoms with Crippen LogP contribution in [0.5, 0.6) is 11.6 Å². The van der Waals surface area contributed by atoms with Crippen LogP contribution in [0.15, 0.2) is 18.2 Å². The summed E-state index contributed by atoms with van der Waals surface area (Å²) in [7, 11) is -2.70. The Kier molecular flexibility index (Phi) is 12.0. The second-order valence-corrected chi connectivity index (χ2v) is 20.9. The molecule has 0 spiro atoms. The topological polar surface area (TPSA) is 195 Å². The standard InChI is InChI=1S/C42H58F2N6O9S/c1-7-23-13-16-32-26(23)11-9-8-10-12-29-36(46-30-19-24(57-6)14-15-28(30)45-29)58-25-20-31(50(22-25)37(52)33(40(2,3)4)47-39(54)59-32)35(51)48-42(21-27(42)34(43)44)38(53)49-60(55,56)41(5)17-18-41/h14-15,19,23,25-27,31-34H,7-13,16-18,20-22H2,1-6H3,(H,47,54)(H,48,51)(H,49,53)/t23?,25-,26-,27+,31+,32-,33-,42-/m1/s1. The van der Waals surface area contributed by atoms with Crippen molar-refractivity contribution in [2.75, 3.05) is 13.7 Å². The van der Waals surface area contributed by atoms with Crippen LogP contribution in [-0.2, 0) is 35.6 Å². The summed E-state index contributed by atoms with van der Waals surface area (Å²) in [5.74, 6) is -3.22. The highest BCUT2D eigenvalue weighted by atomic mass is 32.2. The fraction of sp³-hybridized carbons (Fsp3) is 0.714. The first kappa shape index (κ1) is 43.7. The molecule has 4 amide bonds. The number of methoxy groups -OCH3 is 1. The second kappa shape index (κ2) is 16.5. The summed E-state index contributed by atoms with van der Waals surface area (Å²) in [6.45, 7) is 8.69. The third kappa shape index (κ3) is 8.71. The van der Waals surface area contributed by atoms with E-state index in [1.807, 2.05) is 10.8 Å². The highest BCUT2D eigenvalue weighted by Crippen LogP contribution is 2.49. The number of nitrogens with one attached hydrogen (secondary N) is 3. The van der Waals surface area contributed by atoms with Crippen LogP contribution in [-0.4, -0.2) is 102 Å². The lowest BCUT2D eigenvalue weighted by atomic mass is 9.85. The number of carbonyl (C=O) groups excluding carboxylic acids is 4. The van der Waals surface area contributed by atoms with Crippen LogP contribution >= 0.6 is 0 Å². The number of alkyl carbamates (subject to hydrolysis) is 1. The molecule has 0 radical (unpaired) electrons. The SMILES string of the molecule is CCC1CC[C@H]2OC(=O)N[C@@H](C(C)(C)C)C(=O)N3C[C@@H](C[C@H]3C(=O)N[C@]3(C(=O)NS(=O)(=O)C4(C)CC4)C[C@H]3C(F)F)Oc3nc4cc(OC)ccc4nc3CCCCC[C@H]12. The van der Waals surface area contributed by atoms with E-state index in [1.54, 1.807) is 32.9 Å². The lowest BCUT2D eigenvalue weighted by molar-refractivity contribution is -0.143. The number of ether oxygens (including phenoxy) is 3. The van der Waals surface area contributed by atoms with Crippen LogP contribution in [0.3, 0.4) is 0 Å². The monoisotopic (exact) mass is 860 g/mol. The van der Waals surface area contributed by atoms with E-state index in [0.717, 1.165) is 38.5 Å². The summed E-state index contributed by atoms with van der Waals surface area (Å²) in [6, 6.07) is 2.73. The van der Waals surface area contributed by atoms with Crippen molar-refractivity contribution in [3.63, 3.8) is 0 Å². The minimum absolute atomic E-state index is 0.147. The van der Waals surface area contributed by atoms with Gasteiger partial charge < -0.3 is 29.7 Å². The molecule has 3 N–H and O–H groups in total. The van der Waals surface area contributed by atoms with E-state index >= 15 is 0 Å². The molecule has 3 aliphatic carbocycles. The molecule has 3 heterocycles. The Hall–Kier alpha value is -4.35. The predicted octanol–water partition coefficient (Wildman–Crippen LogP) is 5.19. The number of benzene rings is 1. The molecular formula is C42H58F2N6O9S. The van der Waals surface area contributed by atoms with Gasteiger partial charge in [0.25, 0.3) is 5.91 Å². The Labute approximate surface area is 349 Å². The minimum Gasteiger partial charge on any atom is -0.497 e. The summed E-state index contributed by atoms with van der Waals surface area (Å²) < 4.78 is 73.5. The maximum absolute atomic E-state index is 14.8. The van der Waals surface area contributed by atoms with Gasteiger partial charge in [-0.1, -0.05) is 47.0 Å². The van der Waals surface area contributed by atoms with Gasteiger partial charge in [0.1, 0.15) is 41.3 Å². The Bertz CT molecular complexity index is 2110. The highest BCUT2D eigenvalue weighted by molar-refractivity contribution is 7.91. The molecular weight excluding hydrogens is 803 g/mol. The number of carbonyl (C=O) groups is 4. The van der Waals surface area contributed by atoms with Crippen molar-refractivity contribution >= 4 is 44.9 Å². The first-order chi connectivity index (χ1) is 28.3. The fourth-order valence-electron chi connectivity index (χ4n) is 9.25. The molecule has 1 saturated heterocycles. The number of aromatic nitrogens is 2. The normalized spacial score (nSPS) is 30.8. The minimum atomic E-state index is -4.24. The molecule has 60 heavy (non-hydrogen) atoms. The van der Waals surface area contributed by atoms with Crippen molar-refractivity contribution in [2.24, 2.45) is 23.2 Å². The zero-order chi connectivity index (χ0) is 43.4. The molecule has 1 aromatic carbocycles. The van der Waals surface area contributed by atoms with Crippen molar-refractivity contribution in [1.82, 2.24) is 30.2 Å². The van der Waals surface area contributed by atoms with E-state index in [1.165, 1.54) is 18.9 Å². The van der Waals surface area contributed by atoms with Gasteiger partial charge in [-0.05, 0) is 87.7 Å². The summed E-state index contributed by atoms with van der Waals surface area (Å²) in [6.07, 6.45) is 1.43. The maximum Gasteiger partial charge on any atom is 0.408 e. The number of amides is 4. The smallest absolute Gasteiger partial charge is 0.408 e. The Morgan fingerprint density at radius 2 is 1.82 bits per heavy atom. The maximum atomic E-state index is 14.8. The van der Waals surface area contributed by atoms with Crippen molar-refractivity contribution in [1.29, 1.82) is 0 Å². The van der Waals surface area contributed by atoms with Crippen molar-refractivity contribution in [3.05, 3.63) is 23.9 Å². The zero-order valence-corrected chi connectivity index (χ0v) is 36.0. The van der Waals surface area contributed by atoms with E-state index in [-0.39, 0.29) is 30.9 Å². The van der Waals surface area contributed by atoms with Crippen LogP contribution < -0.4 is 24.8 Å². The zero-order valence-electron chi connectivity index (χ0n) is 35.2. The average Bonchev–Trinajstić information content (AvgIpc) is 4.03. The van der Waals surface area contributed by atoms with Crippen molar-refractivity contribution in [2.45, 2.75) is 153 Å². The van der Waals surface area contributed by atoms with E-state index < -0.39 is 86.5 Å². The summed E-state index contributed by atoms with van der Waals surface area (Å²) >= 11 is 0. The van der Waals surface area contributed by atoms with E-state index in [0.29, 0.717) is 54.1 Å². The van der Waals surface area contributed by atoms with Gasteiger partial charge in [0.05, 0.1) is 35.4 Å². The lowest BCUT2D eigenvalue weighted by Crippen LogP contribution is -2.60. The molecule has 2 aliphatic heterocycles. The number of sulfonamides is 1. The number of aryl methyl sites for hydroxylation is 1. The summed E-state index contributed by atoms with van der Waals surface area (Å²) in [5.41, 5.74) is -1.43. The molecule has 7 rings (SSSR count). The number of rotatable bonds is 8. The number of nitrogens with zero attached hydrogens (tertiary/aromatic N) is 3. The number of halogens is 2. The van der Waals surface area contributed by atoms with Crippen LogP contribution in [0.25, 0.3) is 11.0 Å². The van der Waals surface area contributed by atoms with Gasteiger partial charge in [0.15, 0.2) is 0 Å². The largest absolute Gasteiger partial charge is 0.497 e. The van der Waals surface area contributed by atoms with Crippen LogP contribution in [0, 0.1) is 23.2 Å². The molecule has 2 aromatic rings. The van der Waals surface area contributed by atoms with Crippen LogP contribution in [0.2, 0.25) is 0 Å². The van der Waals surface area contributed by atoms with Crippen molar-refractivity contribution in [3.8, 4) is 11.6 Å². The number of fused-ring (bicyclic) bond motifs is 5. The molecule has 4 fully saturated rings. The Morgan fingerprint density at radius 1 is 1.07 bits per heavy atom. The van der Waals surface area contributed by atoms with Gasteiger partial charge >= 0.3 is 6.09 Å². The molecule has 15 nitrogen and oxygen atoms in total. The third-order valence-electron chi connectivity index (χ3n) is 13.4.